The van der Waals surface area contributed by atoms with Crippen molar-refractivity contribution in [3.8, 4) is 34.2 Å². The van der Waals surface area contributed by atoms with Gasteiger partial charge in [0.15, 0.2) is 6.29 Å². The fourth-order valence-electron chi connectivity index (χ4n) is 14.1. The highest BCUT2D eigenvalue weighted by Gasteiger charge is 2.21. The van der Waals surface area contributed by atoms with E-state index in [1.165, 1.54) is 63.7 Å². The number of aromatic nitrogens is 6. The monoisotopic (exact) mass is 1860 g/mol. The number of carboxylic acid groups (broad SMARTS) is 1. The Labute approximate surface area is 777 Å². The average molecular weight is 1870 g/mol. The topological polar surface area (TPSA) is 348 Å². The van der Waals surface area contributed by atoms with Gasteiger partial charge in [-0.15, -0.1) is 0 Å². The average Bonchev–Trinajstić information content (AvgIpc) is 1.62. The largest absolute Gasteiger partial charge is 0.478 e. The fourth-order valence-corrected chi connectivity index (χ4v) is 14.9. The van der Waals surface area contributed by atoms with Gasteiger partial charge >= 0.3 is 29.8 Å². The molecule has 131 heavy (non-hydrogen) atoms. The molecular formula is C105H88BrCl3N10O12. The standard InChI is InChI=1S/2C26H19ClN2O2.C19H14N2O2.C11H8O.C8H10N2O2.C7H6BrCl.C7H8N2O2.CH4O/c1-31-26(30)19-11-14-24-23(15-19)28-25(29(24)16-17-9-12-20(27)13-10-17)22-8-4-6-18-5-2-3-7-21(18)22;1-31-26(30)19-11-14-23-24(15-19)29(16-17-9-12-20(27)13-10-17)25(28-23)22-8-4-6-18-5-2-3-7-21(18)22;1-23-19(22)13-9-10-16-17(11-13)21-18(20-16)15-8-4-6-12-5-2-3-7-14(12)15;12-8-10-6-3-5-9-4-1-2-7-11(9)10;1-12-8(11)5-2-3-6(9)7(10)4-5;8-5-6-1-3-7(9)4-2-6;8-5-2-1-4(7(10)11)3-6(5)9;1-2/h2*2-15H,16H2,1H3;2-11H,1H3,(H,20,21);1-8H;2-4H,9-10H2,1H3;1-4H,5H2;1-3H,8-9H2,(H,10,11);2H,1H3. The van der Waals surface area contributed by atoms with Gasteiger partial charge in [0.2, 0.25) is 0 Å². The fraction of sp³-hybridized carbons (Fsp3) is 0.0762. The minimum absolute atomic E-state index is 0.150. The van der Waals surface area contributed by atoms with E-state index < -0.39 is 11.9 Å². The maximum absolute atomic E-state index is 12.1. The number of benzene rings is 16. The quantitative estimate of drug-likeness (QED) is 0.0175. The second kappa shape index (κ2) is 45.3. The van der Waals surface area contributed by atoms with Crippen molar-refractivity contribution < 1.29 is 57.9 Å². The highest BCUT2D eigenvalue weighted by atomic mass is 79.9. The second-order valence-electron chi connectivity index (χ2n) is 29.0. The number of hydrogen-bond donors (Lipinski definition) is 7. The van der Waals surface area contributed by atoms with Crippen LogP contribution < -0.4 is 22.9 Å². The number of rotatable bonds is 14. The number of aromatic amines is 1. The van der Waals surface area contributed by atoms with Crippen LogP contribution in [-0.2, 0) is 37.4 Å². The number of carbonyl (C=O) groups excluding carboxylic acids is 5. The van der Waals surface area contributed by atoms with Crippen molar-refractivity contribution >= 4 is 186 Å². The van der Waals surface area contributed by atoms with E-state index in [0.29, 0.717) is 68.1 Å². The van der Waals surface area contributed by atoms with E-state index in [1.807, 2.05) is 200 Å². The smallest absolute Gasteiger partial charge is 0.337 e. The number of carboxylic acids is 1. The van der Waals surface area contributed by atoms with E-state index in [1.54, 1.807) is 42.5 Å². The number of aliphatic hydroxyl groups is 1. The number of nitrogens with zero attached hydrogens (tertiary/aromatic N) is 5. The maximum Gasteiger partial charge on any atom is 0.337 e. The molecule has 19 aromatic rings. The van der Waals surface area contributed by atoms with E-state index in [0.717, 1.165) is 145 Å². The molecule has 658 valence electrons. The number of methoxy groups -OCH3 is 4. The molecule has 0 saturated carbocycles. The Morgan fingerprint density at radius 3 is 1.18 bits per heavy atom. The molecule has 0 amide bonds. The third-order valence-electron chi connectivity index (χ3n) is 20.7. The summed E-state index contributed by atoms with van der Waals surface area (Å²) in [5.41, 5.74) is 37.6. The molecule has 0 aliphatic heterocycles. The molecule has 22 nitrogen and oxygen atoms in total. The van der Waals surface area contributed by atoms with E-state index in [-0.39, 0.29) is 23.5 Å². The third kappa shape index (κ3) is 23.7. The second-order valence-corrected chi connectivity index (χ2v) is 30.9. The number of nitrogen functional groups attached to an aromatic ring is 4. The number of nitrogens with two attached hydrogens (primary N) is 4. The van der Waals surface area contributed by atoms with Crippen LogP contribution in [0.2, 0.25) is 15.1 Å². The van der Waals surface area contributed by atoms with Gasteiger partial charge in [-0.05, 0) is 187 Å². The lowest BCUT2D eigenvalue weighted by molar-refractivity contribution is 0.0592. The third-order valence-corrected chi connectivity index (χ3v) is 22.1. The van der Waals surface area contributed by atoms with E-state index in [2.05, 4.69) is 106 Å². The zero-order valence-electron chi connectivity index (χ0n) is 71.5. The van der Waals surface area contributed by atoms with E-state index in [4.69, 9.17) is 92.1 Å². The number of H-pyrrole nitrogens is 1. The van der Waals surface area contributed by atoms with Crippen LogP contribution >= 0.6 is 50.7 Å². The first kappa shape index (κ1) is 94.6. The van der Waals surface area contributed by atoms with Crippen molar-refractivity contribution in [2.24, 2.45) is 0 Å². The lowest BCUT2D eigenvalue weighted by Gasteiger charge is -2.12. The number of aldehydes is 1. The first-order valence-corrected chi connectivity index (χ1v) is 42.8. The number of alkyl halides is 1. The molecule has 11 N–H and O–H groups in total. The molecule has 0 saturated heterocycles. The molecule has 0 aliphatic rings. The van der Waals surface area contributed by atoms with Gasteiger partial charge in [-0.3, -0.25) is 4.79 Å². The summed E-state index contributed by atoms with van der Waals surface area (Å²) < 4.78 is 23.4. The summed E-state index contributed by atoms with van der Waals surface area (Å²) in [6.07, 6.45) is 0.891. The van der Waals surface area contributed by atoms with Crippen molar-refractivity contribution in [3.05, 3.63) is 399 Å². The highest BCUT2D eigenvalue weighted by molar-refractivity contribution is 9.08. The summed E-state index contributed by atoms with van der Waals surface area (Å²) in [6, 6.07) is 105. The molecule has 0 fully saturated rings. The minimum Gasteiger partial charge on any atom is -0.478 e. The first-order chi connectivity index (χ1) is 63.5. The SMILES string of the molecule is CO.COC(=O)c1ccc(N)c(N)c1.COC(=O)c1ccc2c(c1)nc(-c1cccc3ccccc13)n2Cc1ccc(Cl)cc1.COC(=O)c1ccc2nc(-c3cccc4ccccc34)[nH]c2c1.COC(=O)c1ccc2nc(-c3cccc4ccccc34)n(Cc3ccc(Cl)cc3)c2c1.Clc1ccc(CBr)cc1.Nc1ccc(C(=O)O)cc1N.O=Cc1cccc2ccccc12. The zero-order chi connectivity index (χ0) is 93.2. The minimum atomic E-state index is -1.00. The van der Waals surface area contributed by atoms with Crippen molar-refractivity contribution in [1.82, 2.24) is 29.1 Å². The summed E-state index contributed by atoms with van der Waals surface area (Å²) in [5.74, 6) is -0.0216. The van der Waals surface area contributed by atoms with Gasteiger partial charge in [0, 0.05) is 62.9 Å². The predicted molar refractivity (Wildman–Crippen MR) is 530 cm³/mol. The lowest BCUT2D eigenvalue weighted by atomic mass is 10.0. The Balaban J connectivity index is 0.000000145. The van der Waals surface area contributed by atoms with Gasteiger partial charge in [0.1, 0.15) is 17.5 Å². The van der Waals surface area contributed by atoms with Gasteiger partial charge in [-0.25, -0.2) is 38.9 Å². The van der Waals surface area contributed by atoms with Crippen LogP contribution in [0.5, 0.6) is 0 Å². The van der Waals surface area contributed by atoms with Gasteiger partial charge in [-0.1, -0.05) is 257 Å². The Morgan fingerprint density at radius 1 is 0.366 bits per heavy atom. The van der Waals surface area contributed by atoms with E-state index in [9.17, 15) is 28.8 Å². The van der Waals surface area contributed by atoms with Crippen molar-refractivity contribution in [2.45, 2.75) is 18.4 Å². The molecule has 0 unspecified atom stereocenters. The number of imidazole rings is 3. The highest BCUT2D eigenvalue weighted by Crippen LogP contribution is 2.36. The van der Waals surface area contributed by atoms with Gasteiger partial charge in [-0.2, -0.15) is 0 Å². The number of ether oxygens (including phenoxy) is 4. The van der Waals surface area contributed by atoms with Crippen LogP contribution in [-0.4, -0.2) is 111 Å². The van der Waals surface area contributed by atoms with Crippen LogP contribution in [0.25, 0.3) is 110 Å². The summed E-state index contributed by atoms with van der Waals surface area (Å²) in [7, 11) is 6.46. The van der Waals surface area contributed by atoms with Gasteiger partial charge in [0.05, 0.1) is 112 Å². The number of halogens is 4. The number of hydrogen-bond acceptors (Lipinski definition) is 18. The Morgan fingerprint density at radius 2 is 0.725 bits per heavy atom. The summed E-state index contributed by atoms with van der Waals surface area (Å²) in [6.45, 7) is 1.22. The predicted octanol–water partition coefficient (Wildman–Crippen LogP) is 23.5. The van der Waals surface area contributed by atoms with Gasteiger partial charge < -0.3 is 66.2 Å². The number of fused-ring (bicyclic) bond motifs is 7. The first-order valence-electron chi connectivity index (χ1n) is 40.5. The zero-order valence-corrected chi connectivity index (χ0v) is 75.3. The maximum atomic E-state index is 12.1. The summed E-state index contributed by atoms with van der Waals surface area (Å²) in [5, 5.41) is 27.6. The molecule has 0 bridgehead atoms. The van der Waals surface area contributed by atoms with Crippen LogP contribution in [0.3, 0.4) is 0 Å². The van der Waals surface area contributed by atoms with Crippen LogP contribution in [0.15, 0.2) is 334 Å². The Hall–Kier alpha value is -15.5. The van der Waals surface area contributed by atoms with Crippen LogP contribution in [0.4, 0.5) is 22.7 Å². The molecular weight excluding hydrogens is 1780 g/mol. The number of aromatic carboxylic acids is 1. The van der Waals surface area contributed by atoms with Crippen molar-refractivity contribution in [2.75, 3.05) is 58.5 Å². The normalized spacial score (nSPS) is 10.5. The molecule has 0 spiro atoms. The number of anilines is 4. The molecule has 3 heterocycles. The molecule has 3 aromatic heterocycles. The number of esters is 4. The van der Waals surface area contributed by atoms with Crippen LogP contribution in [0, 0.1) is 0 Å². The van der Waals surface area contributed by atoms with E-state index >= 15 is 0 Å². The number of carbonyl (C=O) groups is 6. The van der Waals surface area contributed by atoms with Crippen molar-refractivity contribution in [3.63, 3.8) is 0 Å². The molecule has 19 rings (SSSR count). The number of aliphatic hydroxyl groups excluding tert-OH is 1. The Kier molecular flexibility index (Phi) is 32.7. The van der Waals surface area contributed by atoms with Gasteiger partial charge in [0.25, 0.3) is 0 Å². The van der Waals surface area contributed by atoms with Crippen LogP contribution in [0.1, 0.15) is 78.8 Å². The summed E-state index contributed by atoms with van der Waals surface area (Å²) in [4.78, 5) is 85.7. The Bertz CT molecular complexity index is 7220. The molecule has 0 aliphatic carbocycles. The molecule has 0 atom stereocenters. The lowest BCUT2D eigenvalue weighted by Crippen LogP contribution is -2.04. The van der Waals surface area contributed by atoms with Crippen molar-refractivity contribution in [1.29, 1.82) is 0 Å². The summed E-state index contributed by atoms with van der Waals surface area (Å²) >= 11 is 21.2. The molecule has 26 heteroatoms. The molecule has 0 radical (unpaired) electrons. The number of nitrogens with one attached hydrogen (secondary N) is 1. The molecule has 16 aromatic carbocycles.